The summed E-state index contributed by atoms with van der Waals surface area (Å²) in [4.78, 5) is 65.0. The molecule has 5 atom stereocenters. The van der Waals surface area contributed by atoms with Crippen LogP contribution in [-0.2, 0) is 24.0 Å². The Bertz CT molecular complexity index is 792. The number of rotatable bonds is 18. The smallest absolute Gasteiger partial charge is 0.326 e. The number of hydrogen-bond acceptors (Lipinski definition) is 8. The number of carbonyl (C=O) groups excluding carboxylic acids is 4. The molecular formula is C21H40N8O6S. The van der Waals surface area contributed by atoms with Gasteiger partial charge in [0.05, 0.1) is 12.5 Å². The summed E-state index contributed by atoms with van der Waals surface area (Å²) in [6, 6.07) is -4.57. The fourth-order valence-electron chi connectivity index (χ4n) is 3.00. The minimum Gasteiger partial charge on any atom is -0.480 e. The molecular weight excluding hydrogens is 492 g/mol. The number of carboxylic acid groups (broad SMARTS) is 1. The van der Waals surface area contributed by atoms with E-state index in [1.807, 2.05) is 13.8 Å². The van der Waals surface area contributed by atoms with Crippen molar-refractivity contribution in [2.45, 2.75) is 70.1 Å². The molecule has 0 fully saturated rings. The molecule has 0 saturated heterocycles. The summed E-state index contributed by atoms with van der Waals surface area (Å²) in [5, 5.41) is 16.7. The van der Waals surface area contributed by atoms with Crippen molar-refractivity contribution in [3.8, 4) is 0 Å². The second-order valence-electron chi connectivity index (χ2n) is 8.33. The van der Waals surface area contributed by atoms with Crippen LogP contribution < -0.4 is 38.9 Å². The molecule has 4 amide bonds. The van der Waals surface area contributed by atoms with Crippen LogP contribution in [0.5, 0.6) is 0 Å². The highest BCUT2D eigenvalue weighted by atomic mass is 32.2. The number of carboxylic acids is 1. The topological polar surface area (TPSA) is 258 Å². The minimum absolute atomic E-state index is 0.114. The van der Waals surface area contributed by atoms with Gasteiger partial charge in [0.1, 0.15) is 18.1 Å². The zero-order valence-corrected chi connectivity index (χ0v) is 21.8. The Kier molecular flexibility index (Phi) is 15.9. The van der Waals surface area contributed by atoms with Gasteiger partial charge in [-0.15, -0.1) is 0 Å². The Morgan fingerprint density at radius 2 is 1.44 bits per heavy atom. The van der Waals surface area contributed by atoms with Crippen molar-refractivity contribution in [1.82, 2.24) is 16.0 Å². The van der Waals surface area contributed by atoms with E-state index in [2.05, 4.69) is 20.9 Å². The van der Waals surface area contributed by atoms with E-state index in [4.69, 9.17) is 22.9 Å². The van der Waals surface area contributed by atoms with E-state index in [1.165, 1.54) is 11.8 Å². The second-order valence-corrected chi connectivity index (χ2v) is 9.32. The lowest BCUT2D eigenvalue weighted by atomic mass is 9.98. The van der Waals surface area contributed by atoms with Gasteiger partial charge in [0, 0.05) is 6.54 Å². The number of carbonyl (C=O) groups is 5. The maximum absolute atomic E-state index is 13.1. The van der Waals surface area contributed by atoms with Crippen LogP contribution in [0.3, 0.4) is 0 Å². The molecule has 0 aliphatic carbocycles. The Morgan fingerprint density at radius 3 is 1.92 bits per heavy atom. The standard InChI is InChI=1S/C21H40N8O6S/c1-4-11(2)16(23)19(33)28-12(6-5-8-26-21(24)25)17(31)27-13(7-9-36-3)18(32)29-14(20(34)35)10-15(22)30/h11-14,16H,4-10,23H2,1-3H3,(H2,22,30)(H,27,31)(H,28,33)(H,29,32)(H,34,35)(H4,24,25,26). The van der Waals surface area contributed by atoms with Crippen LogP contribution in [0.1, 0.15) is 46.0 Å². The fraction of sp³-hybridized carbons (Fsp3) is 0.714. The highest BCUT2D eigenvalue weighted by molar-refractivity contribution is 7.98. The highest BCUT2D eigenvalue weighted by Crippen LogP contribution is 2.08. The number of nitrogens with two attached hydrogens (primary N) is 4. The number of nitrogens with one attached hydrogen (secondary N) is 3. The Labute approximate surface area is 215 Å². The number of aliphatic carboxylic acids is 1. The predicted octanol–water partition coefficient (Wildman–Crippen LogP) is -2.42. The van der Waals surface area contributed by atoms with Crippen LogP contribution in [0, 0.1) is 5.92 Å². The summed E-state index contributed by atoms with van der Waals surface area (Å²) in [6.45, 7) is 3.91. The normalized spacial score (nSPS) is 14.9. The first-order chi connectivity index (χ1) is 16.8. The quantitative estimate of drug-likeness (QED) is 0.0526. The molecule has 0 rings (SSSR count). The molecule has 0 saturated carbocycles. The fourth-order valence-corrected chi connectivity index (χ4v) is 3.47. The number of guanidine groups is 1. The molecule has 12 N–H and O–H groups in total. The first kappa shape index (κ1) is 32.9. The molecule has 0 bridgehead atoms. The number of hydrogen-bond donors (Lipinski definition) is 8. The van der Waals surface area contributed by atoms with Crippen LogP contribution in [0.15, 0.2) is 4.99 Å². The molecule has 0 aromatic carbocycles. The van der Waals surface area contributed by atoms with Gasteiger partial charge >= 0.3 is 5.97 Å². The second kappa shape index (κ2) is 17.4. The van der Waals surface area contributed by atoms with Gasteiger partial charge in [0.2, 0.25) is 23.6 Å². The van der Waals surface area contributed by atoms with Gasteiger partial charge in [-0.3, -0.25) is 24.2 Å². The Balaban J connectivity index is 5.63. The molecule has 206 valence electrons. The molecule has 0 aliphatic rings. The van der Waals surface area contributed by atoms with Gasteiger partial charge in [-0.05, 0) is 37.2 Å². The maximum Gasteiger partial charge on any atom is 0.326 e. The minimum atomic E-state index is -1.55. The van der Waals surface area contributed by atoms with Gasteiger partial charge in [0.15, 0.2) is 5.96 Å². The largest absolute Gasteiger partial charge is 0.480 e. The molecule has 0 aromatic heterocycles. The molecule has 5 unspecified atom stereocenters. The van der Waals surface area contributed by atoms with Crippen LogP contribution in [0.4, 0.5) is 0 Å². The summed E-state index contributed by atoms with van der Waals surface area (Å²) in [7, 11) is 0. The first-order valence-electron chi connectivity index (χ1n) is 11.6. The van der Waals surface area contributed by atoms with Gasteiger partial charge in [0.25, 0.3) is 0 Å². The van der Waals surface area contributed by atoms with Crippen LogP contribution >= 0.6 is 11.8 Å². The molecule has 0 spiro atoms. The number of primary amides is 1. The molecule has 36 heavy (non-hydrogen) atoms. The summed E-state index contributed by atoms with van der Waals surface area (Å²) < 4.78 is 0. The number of amides is 4. The average Bonchev–Trinajstić information content (AvgIpc) is 2.81. The van der Waals surface area contributed by atoms with Crippen molar-refractivity contribution in [2.75, 3.05) is 18.6 Å². The molecule has 0 aromatic rings. The van der Waals surface area contributed by atoms with Crippen molar-refractivity contribution >= 4 is 47.3 Å². The van der Waals surface area contributed by atoms with E-state index in [0.29, 0.717) is 18.6 Å². The number of nitrogens with zero attached hydrogens (tertiary/aromatic N) is 1. The maximum atomic E-state index is 13.1. The third-order valence-electron chi connectivity index (χ3n) is 5.40. The summed E-state index contributed by atoms with van der Waals surface area (Å²) in [5.41, 5.74) is 21.7. The predicted molar refractivity (Wildman–Crippen MR) is 138 cm³/mol. The SMILES string of the molecule is CCC(C)C(N)C(=O)NC(CCCN=C(N)N)C(=O)NC(CCSC)C(=O)NC(CC(N)=O)C(=O)O. The monoisotopic (exact) mass is 532 g/mol. The lowest BCUT2D eigenvalue weighted by molar-refractivity contribution is -0.143. The Hall–Kier alpha value is -3.07. The van der Waals surface area contributed by atoms with Crippen LogP contribution in [0.2, 0.25) is 0 Å². The molecule has 15 heteroatoms. The number of aliphatic imine (C=N–C) groups is 1. The van der Waals surface area contributed by atoms with E-state index < -0.39 is 60.2 Å². The third-order valence-corrected chi connectivity index (χ3v) is 6.05. The summed E-state index contributed by atoms with van der Waals surface area (Å²) in [5.74, 6) is -4.11. The van der Waals surface area contributed by atoms with Gasteiger partial charge in [-0.25, -0.2) is 4.79 Å². The van der Waals surface area contributed by atoms with Crippen molar-refractivity contribution in [3.05, 3.63) is 0 Å². The van der Waals surface area contributed by atoms with E-state index in [9.17, 15) is 29.1 Å². The van der Waals surface area contributed by atoms with Crippen molar-refractivity contribution < 1.29 is 29.1 Å². The van der Waals surface area contributed by atoms with Crippen LogP contribution in [-0.4, -0.2) is 83.4 Å². The van der Waals surface area contributed by atoms with Crippen molar-refractivity contribution in [1.29, 1.82) is 0 Å². The van der Waals surface area contributed by atoms with E-state index in [-0.39, 0.29) is 31.3 Å². The molecule has 0 heterocycles. The van der Waals surface area contributed by atoms with E-state index in [0.717, 1.165) is 0 Å². The highest BCUT2D eigenvalue weighted by Gasteiger charge is 2.31. The zero-order chi connectivity index (χ0) is 27.8. The molecule has 0 radical (unpaired) electrons. The van der Waals surface area contributed by atoms with Gasteiger partial charge < -0.3 is 44.0 Å². The lowest BCUT2D eigenvalue weighted by Crippen LogP contribution is -2.58. The van der Waals surface area contributed by atoms with Crippen molar-refractivity contribution in [3.63, 3.8) is 0 Å². The third kappa shape index (κ3) is 13.1. The van der Waals surface area contributed by atoms with Gasteiger partial charge in [-0.1, -0.05) is 20.3 Å². The van der Waals surface area contributed by atoms with Crippen molar-refractivity contribution in [2.24, 2.45) is 33.8 Å². The summed E-state index contributed by atoms with van der Waals surface area (Å²) in [6.07, 6.45) is 2.51. The lowest BCUT2D eigenvalue weighted by Gasteiger charge is -2.26. The van der Waals surface area contributed by atoms with E-state index >= 15 is 0 Å². The zero-order valence-electron chi connectivity index (χ0n) is 21.0. The summed E-state index contributed by atoms with van der Waals surface area (Å²) >= 11 is 1.41. The van der Waals surface area contributed by atoms with E-state index in [1.54, 1.807) is 6.26 Å². The molecule has 14 nitrogen and oxygen atoms in total. The van der Waals surface area contributed by atoms with Gasteiger partial charge in [-0.2, -0.15) is 11.8 Å². The average molecular weight is 533 g/mol. The first-order valence-corrected chi connectivity index (χ1v) is 12.9. The molecule has 0 aliphatic heterocycles. The Morgan fingerprint density at radius 1 is 0.917 bits per heavy atom. The number of thioether (sulfide) groups is 1. The van der Waals surface area contributed by atoms with Crippen LogP contribution in [0.25, 0.3) is 0 Å².